The van der Waals surface area contributed by atoms with E-state index in [1.54, 1.807) is 11.5 Å². The summed E-state index contributed by atoms with van der Waals surface area (Å²) < 4.78 is 4.12. The van der Waals surface area contributed by atoms with Gasteiger partial charge < -0.3 is 5.32 Å². The second kappa shape index (κ2) is 3.32. The van der Waals surface area contributed by atoms with Crippen LogP contribution in [0.5, 0.6) is 0 Å². The molecule has 0 bridgehead atoms. The van der Waals surface area contributed by atoms with Crippen molar-refractivity contribution in [2.24, 2.45) is 0 Å². The number of hydrogen-bond acceptors (Lipinski definition) is 3. The Hall–Kier alpha value is -0.410. The number of rotatable bonds is 1. The van der Waals surface area contributed by atoms with Gasteiger partial charge in [-0.3, -0.25) is 0 Å². The van der Waals surface area contributed by atoms with E-state index in [1.807, 2.05) is 6.20 Å². The fourth-order valence-electron chi connectivity index (χ4n) is 1.57. The van der Waals surface area contributed by atoms with Gasteiger partial charge in [0.2, 0.25) is 0 Å². The first-order valence-electron chi connectivity index (χ1n) is 4.07. The van der Waals surface area contributed by atoms with Gasteiger partial charge in [-0.1, -0.05) is 0 Å². The maximum atomic E-state index is 4.12. The molecule has 11 heavy (non-hydrogen) atoms. The van der Waals surface area contributed by atoms with Gasteiger partial charge in [-0.15, -0.1) is 0 Å². The molecule has 1 aliphatic heterocycles. The van der Waals surface area contributed by atoms with Crippen molar-refractivity contribution < 1.29 is 0 Å². The smallest absolute Gasteiger partial charge is 0.0441 e. The van der Waals surface area contributed by atoms with E-state index in [-0.39, 0.29) is 0 Å². The first-order valence-corrected chi connectivity index (χ1v) is 4.90. The highest BCUT2D eigenvalue weighted by Gasteiger charge is 2.15. The van der Waals surface area contributed by atoms with Crippen LogP contribution in [0, 0.1) is 0 Å². The average molecular weight is 168 g/mol. The molecule has 1 saturated heterocycles. The Morgan fingerprint density at radius 1 is 1.45 bits per heavy atom. The van der Waals surface area contributed by atoms with Crippen LogP contribution >= 0.6 is 11.5 Å². The number of nitrogens with zero attached hydrogens (tertiary/aromatic N) is 1. The average Bonchev–Trinajstić information content (AvgIpc) is 2.58. The van der Waals surface area contributed by atoms with Crippen LogP contribution in [-0.2, 0) is 0 Å². The second-order valence-electron chi connectivity index (χ2n) is 2.98. The molecule has 2 heterocycles. The van der Waals surface area contributed by atoms with E-state index < -0.39 is 0 Å². The lowest BCUT2D eigenvalue weighted by molar-refractivity contribution is 0.461. The summed E-state index contributed by atoms with van der Waals surface area (Å²) in [7, 11) is 0. The normalized spacial score (nSPS) is 20.4. The predicted octanol–water partition coefficient (Wildman–Crippen LogP) is 1.61. The van der Waals surface area contributed by atoms with Gasteiger partial charge in [-0.25, -0.2) is 4.37 Å². The molecule has 1 fully saturated rings. The van der Waals surface area contributed by atoms with Gasteiger partial charge >= 0.3 is 0 Å². The zero-order chi connectivity index (χ0) is 7.52. The molecule has 0 radical (unpaired) electrons. The van der Waals surface area contributed by atoms with Crippen molar-refractivity contribution >= 4 is 11.5 Å². The van der Waals surface area contributed by atoms with Crippen LogP contribution in [0.1, 0.15) is 24.3 Å². The summed E-state index contributed by atoms with van der Waals surface area (Å²) in [5, 5.41) is 5.54. The SMILES string of the molecule is c1nscc1C1CCNCC1. The van der Waals surface area contributed by atoms with Crippen LogP contribution < -0.4 is 5.32 Å². The van der Waals surface area contributed by atoms with Gasteiger partial charge in [-0.05, 0) is 48.9 Å². The molecule has 0 unspecified atom stereocenters. The predicted molar refractivity (Wildman–Crippen MR) is 47.0 cm³/mol. The van der Waals surface area contributed by atoms with E-state index in [1.165, 1.54) is 31.5 Å². The Morgan fingerprint density at radius 3 is 2.91 bits per heavy atom. The number of piperidine rings is 1. The van der Waals surface area contributed by atoms with Gasteiger partial charge in [0.15, 0.2) is 0 Å². The molecule has 0 atom stereocenters. The van der Waals surface area contributed by atoms with E-state index in [0.29, 0.717) is 0 Å². The minimum atomic E-state index is 0.773. The lowest BCUT2D eigenvalue weighted by atomic mass is 9.93. The molecule has 60 valence electrons. The Kier molecular flexibility index (Phi) is 2.19. The first kappa shape index (κ1) is 7.25. The number of nitrogens with one attached hydrogen (secondary N) is 1. The number of aromatic nitrogens is 1. The van der Waals surface area contributed by atoms with Gasteiger partial charge in [0, 0.05) is 11.6 Å². The first-order chi connectivity index (χ1) is 5.47. The number of hydrogen-bond donors (Lipinski definition) is 1. The van der Waals surface area contributed by atoms with Crippen molar-refractivity contribution in [3.8, 4) is 0 Å². The molecule has 2 nitrogen and oxygen atoms in total. The molecular weight excluding hydrogens is 156 g/mol. The minimum Gasteiger partial charge on any atom is -0.317 e. The fourth-order valence-corrected chi connectivity index (χ4v) is 2.19. The molecule has 1 N–H and O–H groups in total. The van der Waals surface area contributed by atoms with Gasteiger partial charge in [0.1, 0.15) is 0 Å². The van der Waals surface area contributed by atoms with E-state index in [9.17, 15) is 0 Å². The maximum Gasteiger partial charge on any atom is 0.0441 e. The van der Waals surface area contributed by atoms with Crippen LogP contribution in [0.2, 0.25) is 0 Å². The van der Waals surface area contributed by atoms with Crippen molar-refractivity contribution in [1.82, 2.24) is 9.69 Å². The van der Waals surface area contributed by atoms with Gasteiger partial charge in [0.05, 0.1) is 0 Å². The Morgan fingerprint density at radius 2 is 2.27 bits per heavy atom. The Balaban J connectivity index is 2.04. The summed E-state index contributed by atoms with van der Waals surface area (Å²) in [6, 6.07) is 0. The Labute approximate surface area is 70.8 Å². The van der Waals surface area contributed by atoms with Crippen LogP contribution in [0.15, 0.2) is 11.6 Å². The largest absolute Gasteiger partial charge is 0.317 e. The third-order valence-corrected chi connectivity index (χ3v) is 2.87. The molecule has 2 rings (SSSR count). The summed E-state index contributed by atoms with van der Waals surface area (Å²) in [6.07, 6.45) is 4.57. The van der Waals surface area contributed by atoms with Crippen LogP contribution in [0.4, 0.5) is 0 Å². The van der Waals surface area contributed by atoms with E-state index in [2.05, 4.69) is 15.1 Å². The van der Waals surface area contributed by atoms with Crippen molar-refractivity contribution in [2.45, 2.75) is 18.8 Å². The van der Waals surface area contributed by atoms with E-state index in [0.717, 1.165) is 5.92 Å². The summed E-state index contributed by atoms with van der Waals surface area (Å²) in [6.45, 7) is 2.33. The molecule has 3 heteroatoms. The zero-order valence-electron chi connectivity index (χ0n) is 6.42. The molecule has 0 aromatic carbocycles. The highest BCUT2D eigenvalue weighted by atomic mass is 32.1. The molecule has 0 spiro atoms. The van der Waals surface area contributed by atoms with E-state index in [4.69, 9.17) is 0 Å². The standard InChI is InChI=1S/C8H12N2S/c1-3-9-4-2-7(1)8-5-10-11-6-8/h5-7,9H,1-4H2. The van der Waals surface area contributed by atoms with Crippen LogP contribution in [-0.4, -0.2) is 17.5 Å². The van der Waals surface area contributed by atoms with Crippen molar-refractivity contribution in [3.63, 3.8) is 0 Å². The molecule has 0 amide bonds. The molecule has 0 aliphatic carbocycles. The maximum absolute atomic E-state index is 4.12. The Bertz CT molecular complexity index is 202. The summed E-state index contributed by atoms with van der Waals surface area (Å²) >= 11 is 1.56. The van der Waals surface area contributed by atoms with Crippen molar-refractivity contribution in [1.29, 1.82) is 0 Å². The second-order valence-corrected chi connectivity index (χ2v) is 3.64. The monoisotopic (exact) mass is 168 g/mol. The van der Waals surface area contributed by atoms with Crippen molar-refractivity contribution in [3.05, 3.63) is 17.1 Å². The quantitative estimate of drug-likeness (QED) is 0.689. The molecule has 0 saturated carbocycles. The van der Waals surface area contributed by atoms with Gasteiger partial charge in [0.25, 0.3) is 0 Å². The minimum absolute atomic E-state index is 0.773. The third-order valence-electron chi connectivity index (χ3n) is 2.26. The summed E-state index contributed by atoms with van der Waals surface area (Å²) in [4.78, 5) is 0. The summed E-state index contributed by atoms with van der Waals surface area (Å²) in [5.74, 6) is 0.773. The summed E-state index contributed by atoms with van der Waals surface area (Å²) in [5.41, 5.74) is 1.44. The topological polar surface area (TPSA) is 24.9 Å². The van der Waals surface area contributed by atoms with E-state index >= 15 is 0 Å². The molecule has 1 aromatic heterocycles. The third kappa shape index (κ3) is 1.60. The van der Waals surface area contributed by atoms with Crippen LogP contribution in [0.25, 0.3) is 0 Å². The lowest BCUT2D eigenvalue weighted by Crippen LogP contribution is -2.26. The highest BCUT2D eigenvalue weighted by Crippen LogP contribution is 2.25. The highest BCUT2D eigenvalue weighted by molar-refractivity contribution is 7.03. The molecular formula is C8H12N2S. The fraction of sp³-hybridized carbons (Fsp3) is 0.625. The molecule has 1 aliphatic rings. The van der Waals surface area contributed by atoms with Crippen LogP contribution in [0.3, 0.4) is 0 Å². The van der Waals surface area contributed by atoms with Crippen molar-refractivity contribution in [2.75, 3.05) is 13.1 Å². The van der Waals surface area contributed by atoms with Gasteiger partial charge in [-0.2, -0.15) is 0 Å². The molecule has 1 aromatic rings. The zero-order valence-corrected chi connectivity index (χ0v) is 7.23. The lowest BCUT2D eigenvalue weighted by Gasteiger charge is -2.21.